The van der Waals surface area contributed by atoms with E-state index >= 15 is 4.39 Å². The molecule has 1 fully saturated rings. The summed E-state index contributed by atoms with van der Waals surface area (Å²) in [7, 11) is -1.57. The fourth-order valence-electron chi connectivity index (χ4n) is 3.89. The third-order valence-corrected chi connectivity index (χ3v) is 7.44. The van der Waals surface area contributed by atoms with Gasteiger partial charge in [0.1, 0.15) is 0 Å². The molecule has 1 aromatic heterocycles. The molecule has 0 radical (unpaired) electrons. The van der Waals surface area contributed by atoms with Gasteiger partial charge in [-0.15, -0.1) is 12.1 Å². The van der Waals surface area contributed by atoms with Crippen molar-refractivity contribution in [1.29, 1.82) is 0 Å². The molecule has 0 spiro atoms. The quantitative estimate of drug-likeness (QED) is 0.147. The van der Waals surface area contributed by atoms with Crippen LogP contribution in [0.15, 0.2) is 42.6 Å². The Morgan fingerprint density at radius 1 is 1.21 bits per heavy atom. The van der Waals surface area contributed by atoms with Gasteiger partial charge >= 0.3 is 28.7 Å². The number of anilines is 1. The molecule has 1 aliphatic rings. The van der Waals surface area contributed by atoms with Gasteiger partial charge in [0, 0.05) is 25.5 Å². The molecule has 2 heterocycles. The van der Waals surface area contributed by atoms with Crippen LogP contribution in [0.25, 0.3) is 16.3 Å². The molecule has 38 heavy (non-hydrogen) atoms. The number of para-hydroxylation sites is 1. The molecule has 0 unspecified atom stereocenters. The first kappa shape index (κ1) is 29.2. The van der Waals surface area contributed by atoms with Crippen molar-refractivity contribution in [2.45, 2.75) is 12.7 Å². The summed E-state index contributed by atoms with van der Waals surface area (Å²) in [6.45, 7) is 0.236. The Morgan fingerprint density at radius 3 is 2.53 bits per heavy atom. The summed E-state index contributed by atoms with van der Waals surface area (Å²) in [6, 6.07) is 8.07. The van der Waals surface area contributed by atoms with E-state index in [0.29, 0.717) is 17.8 Å². The van der Waals surface area contributed by atoms with Crippen LogP contribution in [-0.2, 0) is 44.7 Å². The van der Waals surface area contributed by atoms with Gasteiger partial charge in [-0.25, -0.2) is 17.6 Å². The molecule has 0 aliphatic carbocycles. The van der Waals surface area contributed by atoms with Crippen molar-refractivity contribution in [2.24, 2.45) is 7.05 Å². The number of ether oxygens (including phenoxy) is 1. The largest absolute Gasteiger partial charge is 2.00 e. The van der Waals surface area contributed by atoms with Gasteiger partial charge < -0.3 is 15.0 Å². The molecule has 4 rings (SSSR count). The Labute approximate surface area is 225 Å². The number of alkyl halides is 3. The van der Waals surface area contributed by atoms with Gasteiger partial charge in [-0.3, -0.25) is 9.58 Å². The third-order valence-electron chi connectivity index (χ3n) is 5.83. The van der Waals surface area contributed by atoms with Crippen LogP contribution in [0, 0.1) is 12.4 Å². The Hall–Kier alpha value is -3.32. The average molecular weight is 598 g/mol. The molecule has 0 atom stereocenters. The molecule has 206 valence electrons. The van der Waals surface area contributed by atoms with Crippen LogP contribution in [0.4, 0.5) is 28.0 Å². The average Bonchev–Trinajstić information content (AvgIpc) is 3.22. The van der Waals surface area contributed by atoms with Gasteiger partial charge in [-0.05, 0) is 18.2 Å². The Kier molecular flexibility index (Phi) is 8.62. The van der Waals surface area contributed by atoms with Crippen molar-refractivity contribution in [3.63, 3.8) is 0 Å². The maximum absolute atomic E-state index is 15.0. The SMILES string of the molecule is Cn1ncc2cccc(N(Cc3ccc([CH-]OC(=[N-])C(F)(F)F)cc3F)C(=O)N3CCS(=O)(=O)CC3)c21.[Ni+2]. The van der Waals surface area contributed by atoms with Crippen molar-refractivity contribution in [3.05, 3.63) is 71.6 Å². The Bertz CT molecular complexity index is 1450. The van der Waals surface area contributed by atoms with E-state index in [1.807, 2.05) is 0 Å². The predicted molar refractivity (Wildman–Crippen MR) is 128 cm³/mol. The number of hydrogen-bond acceptors (Lipinski definition) is 5. The van der Waals surface area contributed by atoms with Crippen LogP contribution < -0.4 is 4.90 Å². The summed E-state index contributed by atoms with van der Waals surface area (Å²) in [5.74, 6) is -3.41. The topological polar surface area (TPSA) is 107 Å². The summed E-state index contributed by atoms with van der Waals surface area (Å²) >= 11 is 0. The van der Waals surface area contributed by atoms with Crippen LogP contribution in [0.3, 0.4) is 0 Å². The van der Waals surface area contributed by atoms with Gasteiger partial charge in [0.05, 0.1) is 47.2 Å². The number of urea groups is 1. The predicted octanol–water partition coefficient (Wildman–Crippen LogP) is 3.62. The van der Waals surface area contributed by atoms with E-state index < -0.39 is 33.8 Å². The van der Waals surface area contributed by atoms with E-state index in [1.54, 1.807) is 36.1 Å². The maximum Gasteiger partial charge on any atom is 2.00 e. The molecule has 1 saturated heterocycles. The molecule has 2 aromatic carbocycles. The van der Waals surface area contributed by atoms with Crippen LogP contribution in [0.2, 0.25) is 0 Å². The molecule has 0 saturated carbocycles. The molecule has 1 aliphatic heterocycles. The molecular formula is C23H21F4N5NiO4S. The summed E-state index contributed by atoms with van der Waals surface area (Å²) in [4.78, 5) is 16.3. The number of hydrogen-bond donors (Lipinski definition) is 0. The Morgan fingerprint density at radius 2 is 1.89 bits per heavy atom. The number of amides is 2. The first-order chi connectivity index (χ1) is 17.4. The number of fused-ring (bicyclic) bond motifs is 1. The number of carbonyl (C=O) groups is 1. The van der Waals surface area contributed by atoms with Gasteiger partial charge in [0.25, 0.3) is 0 Å². The van der Waals surface area contributed by atoms with Crippen molar-refractivity contribution in [3.8, 4) is 0 Å². The van der Waals surface area contributed by atoms with Crippen molar-refractivity contribution in [1.82, 2.24) is 14.7 Å². The van der Waals surface area contributed by atoms with Crippen LogP contribution >= 0.6 is 0 Å². The number of halogens is 4. The van der Waals surface area contributed by atoms with Crippen LogP contribution in [0.1, 0.15) is 11.1 Å². The molecule has 3 aromatic rings. The van der Waals surface area contributed by atoms with Crippen molar-refractivity contribution >= 4 is 38.4 Å². The fraction of sp³-hybridized carbons (Fsp3) is 0.304. The molecule has 9 nitrogen and oxygen atoms in total. The van der Waals surface area contributed by atoms with Crippen LogP contribution in [-0.4, -0.2) is 65.8 Å². The second-order valence-corrected chi connectivity index (χ2v) is 10.7. The van der Waals surface area contributed by atoms with Crippen molar-refractivity contribution < 1.29 is 52.0 Å². The Balaban J connectivity index is 0.00000400. The fourth-order valence-corrected chi connectivity index (χ4v) is 5.09. The number of carbonyl (C=O) groups excluding carboxylic acids is 1. The summed E-state index contributed by atoms with van der Waals surface area (Å²) in [5.41, 5.74) is 0.958. The monoisotopic (exact) mass is 597 g/mol. The molecule has 0 bridgehead atoms. The number of sulfone groups is 1. The minimum absolute atomic E-state index is 0. The number of rotatable bonds is 5. The molecule has 2 amide bonds. The molecular weight excluding hydrogens is 577 g/mol. The second-order valence-electron chi connectivity index (χ2n) is 8.38. The van der Waals surface area contributed by atoms with E-state index in [9.17, 15) is 26.4 Å². The van der Waals surface area contributed by atoms with Crippen LogP contribution in [0.5, 0.6) is 0 Å². The van der Waals surface area contributed by atoms with E-state index in [0.717, 1.165) is 11.5 Å². The number of benzene rings is 2. The summed E-state index contributed by atoms with van der Waals surface area (Å²) in [5, 5.41) is 13.8. The van der Waals surface area contributed by atoms with E-state index in [1.165, 1.54) is 21.9 Å². The number of aromatic nitrogens is 2. The smallest absolute Gasteiger partial charge is 0.768 e. The first-order valence-electron chi connectivity index (χ1n) is 10.9. The number of aryl methyl sites for hydroxylation is 1. The third kappa shape index (κ3) is 6.38. The summed E-state index contributed by atoms with van der Waals surface area (Å²) in [6.07, 6.45) is -3.48. The van der Waals surface area contributed by atoms with Gasteiger partial charge in [0.15, 0.2) is 9.84 Å². The zero-order chi connectivity index (χ0) is 27.0. The second kappa shape index (κ2) is 11.2. The standard InChI is InChI=1S/C23H21F4N5O4S.Ni/c1-30-20-16(12-29-30)3-2-4-19(20)32(22(33)31-7-9-37(34,35)10-8-31)13-17-6-5-15(11-18(17)24)14-36-21(28)23(25,26)27;/h2-6,11-12,14H,7-10,13H2,1H3;/q-2;+2. The van der Waals surface area contributed by atoms with Gasteiger partial charge in [0.2, 0.25) is 0 Å². The zero-order valence-corrected chi connectivity index (χ0v) is 21.6. The zero-order valence-electron chi connectivity index (χ0n) is 19.8. The van der Waals surface area contributed by atoms with E-state index in [-0.39, 0.29) is 58.8 Å². The maximum atomic E-state index is 15.0. The first-order valence-corrected chi connectivity index (χ1v) is 12.8. The molecule has 15 heteroatoms. The van der Waals surface area contributed by atoms with Gasteiger partial charge in [-0.1, -0.05) is 12.1 Å². The van der Waals surface area contributed by atoms with E-state index in [4.69, 9.17) is 5.41 Å². The number of nitrogens with zero attached hydrogens (tertiary/aromatic N) is 5. The van der Waals surface area contributed by atoms with Crippen molar-refractivity contribution in [2.75, 3.05) is 29.5 Å². The summed E-state index contributed by atoms with van der Waals surface area (Å²) < 4.78 is 81.6. The van der Waals surface area contributed by atoms with E-state index in [2.05, 4.69) is 9.84 Å². The molecule has 0 N–H and O–H groups in total. The minimum atomic E-state index is -5.09. The minimum Gasteiger partial charge on any atom is -0.768 e. The van der Waals surface area contributed by atoms with Gasteiger partial charge in [-0.2, -0.15) is 29.9 Å². The normalized spacial score (nSPS) is 15.0.